The van der Waals surface area contributed by atoms with E-state index in [1.807, 2.05) is 53.1 Å². The Morgan fingerprint density at radius 1 is 1.03 bits per heavy atom. The first-order chi connectivity index (χ1) is 15.4. The van der Waals surface area contributed by atoms with Crippen LogP contribution in [-0.4, -0.2) is 71.1 Å². The number of anilines is 1. The molecule has 1 aromatic heterocycles. The van der Waals surface area contributed by atoms with E-state index in [-0.39, 0.29) is 29.8 Å². The van der Waals surface area contributed by atoms with E-state index in [1.165, 1.54) is 6.42 Å². The molecule has 2 saturated heterocycles. The van der Waals surface area contributed by atoms with Crippen molar-refractivity contribution in [3.63, 3.8) is 0 Å². The Morgan fingerprint density at radius 2 is 1.72 bits per heavy atom. The zero-order valence-corrected chi connectivity index (χ0v) is 19.7. The molecule has 2 aromatic rings. The molecule has 1 aromatic carbocycles. The predicted octanol–water partition coefficient (Wildman–Crippen LogP) is 3.90. The van der Waals surface area contributed by atoms with Gasteiger partial charge in [0.1, 0.15) is 0 Å². The van der Waals surface area contributed by atoms with Crippen LogP contribution in [0, 0.1) is 0 Å². The Morgan fingerprint density at radius 3 is 2.38 bits per heavy atom. The van der Waals surface area contributed by atoms with Crippen LogP contribution in [0.4, 0.5) is 5.69 Å². The van der Waals surface area contributed by atoms with Crippen LogP contribution in [0.1, 0.15) is 78.3 Å². The summed E-state index contributed by atoms with van der Waals surface area (Å²) in [5.74, 6) is 0.375. The number of nitrogens with one attached hydrogen (secondary N) is 1. The summed E-state index contributed by atoms with van der Waals surface area (Å²) < 4.78 is 0. The molecule has 2 aliphatic heterocycles. The predicted molar refractivity (Wildman–Crippen MR) is 126 cm³/mol. The number of aromatic amines is 1. The highest BCUT2D eigenvalue weighted by atomic mass is 16.2. The second-order valence-electron chi connectivity index (χ2n) is 9.55. The lowest BCUT2D eigenvalue weighted by Gasteiger charge is -2.39. The molecule has 0 unspecified atom stereocenters. The van der Waals surface area contributed by atoms with E-state index in [0.29, 0.717) is 18.7 Å². The van der Waals surface area contributed by atoms with Gasteiger partial charge in [-0.1, -0.05) is 6.07 Å². The van der Waals surface area contributed by atoms with Gasteiger partial charge in [-0.05, 0) is 64.2 Å². The number of hydrogen-bond donors (Lipinski definition) is 1. The SMILES string of the molecule is C[C@H]1CCC[C@H](C)N1C(=O)c1cn[nH]c1C1CCN(C(=O)c2cccc(N(C)C)c2)CC1. The third kappa shape index (κ3) is 4.38. The van der Waals surface area contributed by atoms with E-state index in [4.69, 9.17) is 0 Å². The van der Waals surface area contributed by atoms with Crippen LogP contribution in [0.15, 0.2) is 30.5 Å². The summed E-state index contributed by atoms with van der Waals surface area (Å²) in [5, 5.41) is 7.35. The smallest absolute Gasteiger partial charge is 0.257 e. The monoisotopic (exact) mass is 437 g/mol. The van der Waals surface area contributed by atoms with Crippen LogP contribution in [0.2, 0.25) is 0 Å². The van der Waals surface area contributed by atoms with Gasteiger partial charge in [0.25, 0.3) is 11.8 Å². The zero-order valence-electron chi connectivity index (χ0n) is 19.7. The molecule has 7 heteroatoms. The molecule has 0 bridgehead atoms. The topological polar surface area (TPSA) is 72.5 Å². The first-order valence-corrected chi connectivity index (χ1v) is 11.8. The highest BCUT2D eigenvalue weighted by Crippen LogP contribution is 2.32. The van der Waals surface area contributed by atoms with Gasteiger partial charge in [-0.2, -0.15) is 5.10 Å². The van der Waals surface area contributed by atoms with Crippen molar-refractivity contribution in [3.05, 3.63) is 47.3 Å². The molecule has 7 nitrogen and oxygen atoms in total. The number of aromatic nitrogens is 2. The highest BCUT2D eigenvalue weighted by molar-refractivity contribution is 5.96. The van der Waals surface area contributed by atoms with Crippen molar-refractivity contribution in [2.75, 3.05) is 32.1 Å². The first kappa shape index (κ1) is 22.4. The van der Waals surface area contributed by atoms with E-state index in [0.717, 1.165) is 42.6 Å². The summed E-state index contributed by atoms with van der Waals surface area (Å²) in [7, 11) is 3.95. The van der Waals surface area contributed by atoms with E-state index in [1.54, 1.807) is 6.20 Å². The van der Waals surface area contributed by atoms with Crippen LogP contribution in [0.25, 0.3) is 0 Å². The van der Waals surface area contributed by atoms with Crippen molar-refractivity contribution in [2.24, 2.45) is 0 Å². The van der Waals surface area contributed by atoms with Crippen LogP contribution < -0.4 is 4.90 Å². The fraction of sp³-hybridized carbons (Fsp3) is 0.560. The van der Waals surface area contributed by atoms with Gasteiger partial charge in [-0.25, -0.2) is 0 Å². The van der Waals surface area contributed by atoms with Crippen molar-refractivity contribution < 1.29 is 9.59 Å². The van der Waals surface area contributed by atoms with Gasteiger partial charge in [-0.3, -0.25) is 14.7 Å². The first-order valence-electron chi connectivity index (χ1n) is 11.8. The number of nitrogens with zero attached hydrogens (tertiary/aromatic N) is 4. The molecule has 172 valence electrons. The molecular formula is C25H35N5O2. The lowest BCUT2D eigenvalue weighted by Crippen LogP contribution is -2.47. The Balaban J connectivity index is 1.43. The van der Waals surface area contributed by atoms with Crippen LogP contribution in [0.5, 0.6) is 0 Å². The normalized spacial score (nSPS) is 22.1. The fourth-order valence-corrected chi connectivity index (χ4v) is 5.21. The number of amides is 2. The van der Waals surface area contributed by atoms with Gasteiger partial charge in [0, 0.05) is 56.4 Å². The second-order valence-corrected chi connectivity index (χ2v) is 9.55. The van der Waals surface area contributed by atoms with Crippen molar-refractivity contribution in [2.45, 2.75) is 64.0 Å². The number of likely N-dealkylation sites (tertiary alicyclic amines) is 2. The van der Waals surface area contributed by atoms with E-state index < -0.39 is 0 Å². The van der Waals surface area contributed by atoms with E-state index >= 15 is 0 Å². The molecule has 0 saturated carbocycles. The Hall–Kier alpha value is -2.83. The number of H-pyrrole nitrogens is 1. The minimum atomic E-state index is 0.0732. The van der Waals surface area contributed by atoms with Crippen LogP contribution >= 0.6 is 0 Å². The minimum absolute atomic E-state index is 0.0732. The number of carbonyl (C=O) groups excluding carboxylic acids is 2. The Labute approximate surface area is 190 Å². The lowest BCUT2D eigenvalue weighted by molar-refractivity contribution is 0.0507. The summed E-state index contributed by atoms with van der Waals surface area (Å²) in [4.78, 5) is 32.4. The average Bonchev–Trinajstić information content (AvgIpc) is 3.28. The highest BCUT2D eigenvalue weighted by Gasteiger charge is 2.34. The van der Waals surface area contributed by atoms with Crippen molar-refractivity contribution >= 4 is 17.5 Å². The lowest BCUT2D eigenvalue weighted by atomic mass is 9.89. The maximum atomic E-state index is 13.4. The van der Waals surface area contributed by atoms with Crippen molar-refractivity contribution in [1.29, 1.82) is 0 Å². The molecule has 2 atom stereocenters. The minimum Gasteiger partial charge on any atom is -0.378 e. The number of carbonyl (C=O) groups is 2. The van der Waals surface area contributed by atoms with Gasteiger partial charge < -0.3 is 14.7 Å². The second kappa shape index (κ2) is 9.35. The van der Waals surface area contributed by atoms with Gasteiger partial charge in [0.05, 0.1) is 17.5 Å². The van der Waals surface area contributed by atoms with Gasteiger partial charge in [-0.15, -0.1) is 0 Å². The van der Waals surface area contributed by atoms with Gasteiger partial charge >= 0.3 is 0 Å². The Kier molecular flexibility index (Phi) is 6.53. The largest absolute Gasteiger partial charge is 0.378 e. The molecule has 4 rings (SSSR count). The van der Waals surface area contributed by atoms with Crippen molar-refractivity contribution in [3.8, 4) is 0 Å². The Bertz CT molecular complexity index is 951. The van der Waals surface area contributed by atoms with E-state index in [2.05, 4.69) is 24.0 Å². The molecule has 32 heavy (non-hydrogen) atoms. The molecule has 0 aliphatic carbocycles. The number of piperidine rings is 2. The summed E-state index contributed by atoms with van der Waals surface area (Å²) in [6.45, 7) is 5.64. The molecule has 1 N–H and O–H groups in total. The van der Waals surface area contributed by atoms with E-state index in [9.17, 15) is 9.59 Å². The molecular weight excluding hydrogens is 402 g/mol. The standard InChI is InChI=1S/C25H35N5O2/c1-17-7-5-8-18(2)30(17)25(32)22-16-26-27-23(22)19-11-13-29(14-12-19)24(31)20-9-6-10-21(15-20)28(3)4/h6,9-10,15-19H,5,7-8,11-14H2,1-4H3,(H,26,27)/t17-,18-/m0/s1. The van der Waals surface area contributed by atoms with Gasteiger partial charge in [0.2, 0.25) is 0 Å². The number of rotatable bonds is 4. The molecule has 2 aliphatic rings. The van der Waals surface area contributed by atoms with Crippen LogP contribution in [0.3, 0.4) is 0 Å². The third-order valence-corrected chi connectivity index (χ3v) is 7.13. The summed E-state index contributed by atoms with van der Waals surface area (Å²) in [6, 6.07) is 8.28. The summed E-state index contributed by atoms with van der Waals surface area (Å²) in [6.07, 6.45) is 6.63. The average molecular weight is 438 g/mol. The number of benzene rings is 1. The molecule has 0 radical (unpaired) electrons. The maximum Gasteiger partial charge on any atom is 0.257 e. The molecule has 0 spiro atoms. The molecule has 2 amide bonds. The van der Waals surface area contributed by atoms with Gasteiger partial charge in [0.15, 0.2) is 0 Å². The van der Waals surface area contributed by atoms with Crippen LogP contribution in [-0.2, 0) is 0 Å². The molecule has 2 fully saturated rings. The quantitative estimate of drug-likeness (QED) is 0.787. The summed E-state index contributed by atoms with van der Waals surface area (Å²) >= 11 is 0. The molecule has 3 heterocycles. The third-order valence-electron chi connectivity index (χ3n) is 7.13. The summed E-state index contributed by atoms with van der Waals surface area (Å²) in [5.41, 5.74) is 3.38. The zero-order chi connectivity index (χ0) is 22.8. The number of hydrogen-bond acceptors (Lipinski definition) is 4. The fourth-order valence-electron chi connectivity index (χ4n) is 5.21. The van der Waals surface area contributed by atoms with Crippen molar-refractivity contribution in [1.82, 2.24) is 20.0 Å². The maximum absolute atomic E-state index is 13.4.